The molecule has 176 valence electrons. The first-order chi connectivity index (χ1) is 16.4. The fourth-order valence-electron chi connectivity index (χ4n) is 3.80. The number of para-hydroxylation sites is 1. The van der Waals surface area contributed by atoms with Crippen molar-refractivity contribution in [3.8, 4) is 11.6 Å². The third-order valence-corrected chi connectivity index (χ3v) is 5.55. The van der Waals surface area contributed by atoms with Crippen LogP contribution in [0.25, 0.3) is 0 Å². The van der Waals surface area contributed by atoms with E-state index in [4.69, 9.17) is 0 Å². The van der Waals surface area contributed by atoms with Crippen LogP contribution >= 0.6 is 0 Å². The molecule has 2 aromatic carbocycles. The number of halogens is 1. The van der Waals surface area contributed by atoms with Gasteiger partial charge in [0.25, 0.3) is 11.8 Å². The van der Waals surface area contributed by atoms with E-state index in [2.05, 4.69) is 20.6 Å². The highest BCUT2D eigenvalue weighted by molar-refractivity contribution is 5.95. The van der Waals surface area contributed by atoms with Gasteiger partial charge in [-0.3, -0.25) is 4.79 Å². The Hall–Kier alpha value is -4.21. The molecule has 10 heteroatoms. The summed E-state index contributed by atoms with van der Waals surface area (Å²) in [5.74, 6) is -2.57. The van der Waals surface area contributed by atoms with Crippen molar-refractivity contribution in [3.05, 3.63) is 77.5 Å². The largest absolute Gasteiger partial charge is 0.501 e. The number of rotatable bonds is 5. The number of carbonyl (C=O) groups excluding carboxylic acids is 2. The zero-order chi connectivity index (χ0) is 24.1. The molecule has 3 aromatic rings. The van der Waals surface area contributed by atoms with Gasteiger partial charge in [0.2, 0.25) is 5.75 Å². The Kier molecular flexibility index (Phi) is 6.86. The number of aromatic nitrogens is 2. The third kappa shape index (κ3) is 5.22. The minimum Gasteiger partial charge on any atom is -0.501 e. The number of piperidine rings is 1. The number of hydrogen-bond donors (Lipinski definition) is 4. The average Bonchev–Trinajstić information content (AvgIpc) is 2.85. The maximum Gasteiger partial charge on any atom is 0.322 e. The summed E-state index contributed by atoms with van der Waals surface area (Å²) in [7, 11) is 0. The number of nitrogens with one attached hydrogen (secondary N) is 2. The van der Waals surface area contributed by atoms with Crippen LogP contribution in [0.5, 0.6) is 11.6 Å². The molecule has 1 unspecified atom stereocenters. The lowest BCUT2D eigenvalue weighted by molar-refractivity contribution is 0.0940. The van der Waals surface area contributed by atoms with Gasteiger partial charge >= 0.3 is 6.03 Å². The Morgan fingerprint density at radius 1 is 1.03 bits per heavy atom. The Balaban J connectivity index is 1.54. The predicted octanol–water partition coefficient (Wildman–Crippen LogP) is 3.72. The van der Waals surface area contributed by atoms with Gasteiger partial charge in [-0.25, -0.2) is 14.2 Å². The van der Waals surface area contributed by atoms with Crippen LogP contribution in [0.2, 0.25) is 0 Å². The van der Waals surface area contributed by atoms with Crippen molar-refractivity contribution in [1.29, 1.82) is 0 Å². The molecule has 9 nitrogen and oxygen atoms in total. The molecule has 2 heterocycles. The minimum atomic E-state index is -0.753. The normalized spacial score (nSPS) is 15.6. The van der Waals surface area contributed by atoms with Crippen molar-refractivity contribution in [2.24, 2.45) is 0 Å². The molecule has 0 spiro atoms. The van der Waals surface area contributed by atoms with Crippen LogP contribution in [0.3, 0.4) is 0 Å². The van der Waals surface area contributed by atoms with Gasteiger partial charge in [-0.2, -0.15) is 4.98 Å². The highest BCUT2D eigenvalue weighted by atomic mass is 19.1. The van der Waals surface area contributed by atoms with E-state index in [1.807, 2.05) is 6.07 Å². The topological polar surface area (TPSA) is 128 Å². The second-order valence-corrected chi connectivity index (χ2v) is 7.91. The zero-order valence-electron chi connectivity index (χ0n) is 18.2. The van der Waals surface area contributed by atoms with Gasteiger partial charge in [0.05, 0.1) is 6.04 Å². The van der Waals surface area contributed by atoms with Crippen LogP contribution in [0, 0.1) is 5.82 Å². The van der Waals surface area contributed by atoms with E-state index in [0.29, 0.717) is 24.2 Å². The Morgan fingerprint density at radius 2 is 1.76 bits per heavy atom. The van der Waals surface area contributed by atoms with Crippen LogP contribution in [0.1, 0.15) is 47.2 Å². The van der Waals surface area contributed by atoms with Crippen molar-refractivity contribution < 1.29 is 24.2 Å². The highest BCUT2D eigenvalue weighted by Crippen LogP contribution is 2.33. The quantitative estimate of drug-likeness (QED) is 0.455. The number of benzene rings is 2. The van der Waals surface area contributed by atoms with Crippen molar-refractivity contribution in [1.82, 2.24) is 20.2 Å². The second-order valence-electron chi connectivity index (χ2n) is 7.91. The summed E-state index contributed by atoms with van der Waals surface area (Å²) >= 11 is 0. The van der Waals surface area contributed by atoms with Crippen LogP contribution in [-0.4, -0.2) is 43.6 Å². The third-order valence-electron chi connectivity index (χ3n) is 5.55. The molecule has 1 saturated heterocycles. The fourth-order valence-corrected chi connectivity index (χ4v) is 3.80. The number of likely N-dealkylation sites (tertiary alicyclic amines) is 1. The first-order valence-electron chi connectivity index (χ1n) is 10.9. The summed E-state index contributed by atoms with van der Waals surface area (Å²) in [5, 5.41) is 25.8. The van der Waals surface area contributed by atoms with Crippen LogP contribution < -0.4 is 10.6 Å². The molecule has 0 saturated carbocycles. The van der Waals surface area contributed by atoms with Crippen LogP contribution in [-0.2, 0) is 6.54 Å². The molecule has 1 aromatic heterocycles. The molecule has 1 aliphatic rings. The summed E-state index contributed by atoms with van der Waals surface area (Å²) in [6.45, 7) is 0.508. The number of aromatic hydroxyl groups is 2. The highest BCUT2D eigenvalue weighted by Gasteiger charge is 2.32. The lowest BCUT2D eigenvalue weighted by Gasteiger charge is -2.34. The second kappa shape index (κ2) is 10.2. The molecule has 0 bridgehead atoms. The first-order valence-corrected chi connectivity index (χ1v) is 10.9. The maximum atomic E-state index is 13.1. The SMILES string of the molecule is O=C(NCc1ccc(F)cc1)c1nc(C2CCCCN2C(=O)Nc2ccccc2)nc(O)c1O. The van der Waals surface area contributed by atoms with Gasteiger partial charge in [-0.1, -0.05) is 30.3 Å². The Morgan fingerprint density at radius 3 is 2.50 bits per heavy atom. The van der Waals surface area contributed by atoms with Crippen LogP contribution in [0.4, 0.5) is 14.9 Å². The maximum absolute atomic E-state index is 13.1. The van der Waals surface area contributed by atoms with Gasteiger partial charge in [-0.05, 0) is 49.1 Å². The smallest absolute Gasteiger partial charge is 0.322 e. The summed E-state index contributed by atoms with van der Waals surface area (Å²) in [5.41, 5.74) is 0.870. The first kappa shape index (κ1) is 23.0. The van der Waals surface area contributed by atoms with Gasteiger partial charge in [0, 0.05) is 18.8 Å². The lowest BCUT2D eigenvalue weighted by atomic mass is 10.0. The molecule has 1 fully saturated rings. The molecule has 4 rings (SSSR count). The van der Waals surface area contributed by atoms with Crippen molar-refractivity contribution in [2.75, 3.05) is 11.9 Å². The Labute approximate surface area is 195 Å². The van der Waals surface area contributed by atoms with E-state index in [1.54, 1.807) is 29.2 Å². The minimum absolute atomic E-state index is 0.0603. The molecular weight excluding hydrogens is 441 g/mol. The number of nitrogens with zero attached hydrogens (tertiary/aromatic N) is 3. The number of carbonyl (C=O) groups is 2. The molecule has 34 heavy (non-hydrogen) atoms. The predicted molar refractivity (Wildman–Crippen MR) is 122 cm³/mol. The summed E-state index contributed by atoms with van der Waals surface area (Å²) in [6, 6.07) is 13.6. The van der Waals surface area contributed by atoms with Crippen molar-refractivity contribution >= 4 is 17.6 Å². The molecule has 0 aliphatic carbocycles. The van der Waals surface area contributed by atoms with E-state index in [-0.39, 0.29) is 18.4 Å². The molecule has 1 aliphatic heterocycles. The van der Waals surface area contributed by atoms with Gasteiger partial charge in [0.1, 0.15) is 5.82 Å². The van der Waals surface area contributed by atoms with Gasteiger partial charge in [-0.15, -0.1) is 0 Å². The van der Waals surface area contributed by atoms with Gasteiger partial charge < -0.3 is 25.7 Å². The summed E-state index contributed by atoms with van der Waals surface area (Å²) in [4.78, 5) is 35.4. The lowest BCUT2D eigenvalue weighted by Crippen LogP contribution is -2.42. The van der Waals surface area contributed by atoms with Crippen molar-refractivity contribution in [3.63, 3.8) is 0 Å². The van der Waals surface area contributed by atoms with Crippen LogP contribution in [0.15, 0.2) is 54.6 Å². The Bertz CT molecular complexity index is 1170. The number of amides is 3. The molecule has 0 radical (unpaired) electrons. The number of hydrogen-bond acceptors (Lipinski definition) is 6. The van der Waals surface area contributed by atoms with E-state index >= 15 is 0 Å². The zero-order valence-corrected chi connectivity index (χ0v) is 18.2. The average molecular weight is 465 g/mol. The molecular formula is C24H24FN5O4. The number of anilines is 1. The number of urea groups is 1. The van der Waals surface area contributed by atoms with Crippen molar-refractivity contribution in [2.45, 2.75) is 31.8 Å². The van der Waals surface area contributed by atoms with Gasteiger partial charge in [0.15, 0.2) is 11.5 Å². The monoisotopic (exact) mass is 465 g/mol. The fraction of sp³-hybridized carbons (Fsp3) is 0.250. The molecule has 3 amide bonds. The van der Waals surface area contributed by atoms with E-state index < -0.39 is 35.1 Å². The molecule has 1 atom stereocenters. The standard InChI is InChI=1S/C24H24FN5O4/c25-16-11-9-15(10-12-16)14-26-22(32)19-20(31)23(33)29-21(28-19)18-8-4-5-13-30(18)24(34)27-17-6-2-1-3-7-17/h1-3,6-7,9-12,18,31H,4-5,8,13-14H2,(H,26,32)(H,27,34)(H,28,29,33). The molecule has 4 N–H and O–H groups in total. The van der Waals surface area contributed by atoms with E-state index in [1.165, 1.54) is 24.3 Å². The summed E-state index contributed by atoms with van der Waals surface area (Å²) < 4.78 is 13.1. The van der Waals surface area contributed by atoms with E-state index in [0.717, 1.165) is 12.8 Å². The summed E-state index contributed by atoms with van der Waals surface area (Å²) in [6.07, 6.45) is 2.12. The van der Waals surface area contributed by atoms with E-state index in [9.17, 15) is 24.2 Å².